The van der Waals surface area contributed by atoms with Gasteiger partial charge in [0, 0.05) is 61.3 Å². The van der Waals surface area contributed by atoms with Crippen LogP contribution >= 0.6 is 0 Å². The molecule has 252 valence electrons. The maximum Gasteiger partial charge on any atom is 0.253 e. The zero-order valence-corrected chi connectivity index (χ0v) is 26.8. The van der Waals surface area contributed by atoms with Crippen LogP contribution in [0.15, 0.2) is 24.3 Å². The Morgan fingerprint density at radius 3 is 1.64 bits per heavy atom. The first-order valence-corrected chi connectivity index (χ1v) is 15.4. The number of alkyl halides is 4. The molecule has 0 aromatic carbocycles. The lowest BCUT2D eigenvalue weighted by molar-refractivity contribution is 0.00779. The lowest BCUT2D eigenvalue weighted by Crippen LogP contribution is -2.21. The first kappa shape index (κ1) is 33.9. The highest BCUT2D eigenvalue weighted by Gasteiger charge is 2.40. The van der Waals surface area contributed by atoms with E-state index in [2.05, 4.69) is 40.8 Å². The third-order valence-corrected chi connectivity index (χ3v) is 7.93. The van der Waals surface area contributed by atoms with Gasteiger partial charge in [-0.3, -0.25) is 4.79 Å². The van der Waals surface area contributed by atoms with Crippen LogP contribution in [0.5, 0.6) is 0 Å². The molecule has 2 saturated carbocycles. The maximum absolute atomic E-state index is 13.4. The molecule has 4 aromatic heterocycles. The third-order valence-electron chi connectivity index (χ3n) is 7.93. The second kappa shape index (κ2) is 13.3. The number of aliphatic hydroxyl groups excluding tert-OH is 1. The molecule has 0 saturated heterocycles. The monoisotopic (exact) mass is 658 g/mol. The number of aryl methyl sites for hydroxylation is 4. The number of anilines is 2. The smallest absolute Gasteiger partial charge is 0.253 e. The average molecular weight is 659 g/mol. The molecule has 47 heavy (non-hydrogen) atoms. The summed E-state index contributed by atoms with van der Waals surface area (Å²) in [6.07, 6.45) is -0.151. The summed E-state index contributed by atoms with van der Waals surface area (Å²) in [5.74, 6) is -3.94. The van der Waals surface area contributed by atoms with Gasteiger partial charge in [-0.25, -0.2) is 36.9 Å². The van der Waals surface area contributed by atoms with Crippen molar-refractivity contribution in [1.82, 2.24) is 39.5 Å². The van der Waals surface area contributed by atoms with Crippen molar-refractivity contribution in [2.45, 2.75) is 103 Å². The number of hydrogen-bond acceptors (Lipinski definition) is 10. The van der Waals surface area contributed by atoms with E-state index >= 15 is 0 Å². The van der Waals surface area contributed by atoms with Crippen LogP contribution in [0.25, 0.3) is 11.9 Å². The number of rotatable bonds is 8. The van der Waals surface area contributed by atoms with E-state index in [1.54, 1.807) is 17.7 Å². The maximum atomic E-state index is 13.4. The van der Waals surface area contributed by atoms with Crippen molar-refractivity contribution in [1.29, 1.82) is 0 Å². The predicted molar refractivity (Wildman–Crippen MR) is 166 cm³/mol. The summed E-state index contributed by atoms with van der Waals surface area (Å²) in [6.45, 7) is 9.03. The van der Waals surface area contributed by atoms with E-state index in [9.17, 15) is 27.5 Å². The number of carbonyl (C=O) groups is 1. The van der Waals surface area contributed by atoms with E-state index in [-0.39, 0.29) is 49.4 Å². The molecule has 0 spiro atoms. The second-order valence-electron chi connectivity index (χ2n) is 12.3. The van der Waals surface area contributed by atoms with E-state index in [4.69, 9.17) is 0 Å². The van der Waals surface area contributed by atoms with Crippen molar-refractivity contribution in [3.05, 3.63) is 58.4 Å². The molecule has 0 bridgehead atoms. The summed E-state index contributed by atoms with van der Waals surface area (Å²) in [4.78, 5) is 28.3. The Morgan fingerprint density at radius 2 is 1.26 bits per heavy atom. The molecule has 3 unspecified atom stereocenters. The van der Waals surface area contributed by atoms with Crippen LogP contribution in [0.3, 0.4) is 0 Å². The Balaban J connectivity index is 0.000000185. The summed E-state index contributed by atoms with van der Waals surface area (Å²) < 4.78 is 56.5. The minimum Gasteiger partial charge on any atom is -0.387 e. The summed E-state index contributed by atoms with van der Waals surface area (Å²) >= 11 is 0. The van der Waals surface area contributed by atoms with Crippen molar-refractivity contribution in [2.24, 2.45) is 0 Å². The standard InChI is InChI=1S/C16H21F2N5O.C15H17F2N5O/c1-9-6-10(2)23(22-9)15-20-13(11(3)24)7-14(21-15)19-12-4-5-16(17,18)8-12;1-9-5-10(2)22(21-9)14-19-12(8-23)6-13(20-14)18-11-3-4-15(16,17)7-11/h6-7,11-12,24H,4-5,8H2,1-3H3,(H,19,20,21);5-6,8,11H,3-4,7H2,1-2H3,(H,18,19,20). The quantitative estimate of drug-likeness (QED) is 0.161. The van der Waals surface area contributed by atoms with Crippen LogP contribution in [-0.4, -0.2) is 74.8 Å². The number of hydrogen-bond donors (Lipinski definition) is 3. The van der Waals surface area contributed by atoms with Crippen LogP contribution in [0, 0.1) is 27.7 Å². The first-order valence-electron chi connectivity index (χ1n) is 15.4. The number of aromatic nitrogens is 8. The number of halogens is 4. The third kappa shape index (κ3) is 8.47. The molecule has 4 heterocycles. The molecule has 2 aliphatic rings. The van der Waals surface area contributed by atoms with Gasteiger partial charge in [0.2, 0.25) is 11.8 Å². The van der Waals surface area contributed by atoms with Crippen molar-refractivity contribution in [2.75, 3.05) is 10.6 Å². The van der Waals surface area contributed by atoms with E-state index in [0.717, 1.165) is 22.8 Å². The fourth-order valence-corrected chi connectivity index (χ4v) is 5.74. The van der Waals surface area contributed by atoms with Gasteiger partial charge in [-0.2, -0.15) is 20.2 Å². The highest BCUT2D eigenvalue weighted by Crippen LogP contribution is 2.37. The number of nitrogens with one attached hydrogen (secondary N) is 2. The Labute approximate surface area is 269 Å². The first-order chi connectivity index (χ1) is 22.1. The SMILES string of the molecule is Cc1cc(C)n(-c2nc(C=O)cc(NC3CCC(F)(F)C3)n2)n1.Cc1cc(C)n(-c2nc(NC3CCC(F)(F)C3)cc(C(C)O)n2)n1. The van der Waals surface area contributed by atoms with Gasteiger partial charge in [-0.15, -0.1) is 0 Å². The van der Waals surface area contributed by atoms with Gasteiger partial charge >= 0.3 is 0 Å². The topological polar surface area (TPSA) is 149 Å². The summed E-state index contributed by atoms with van der Waals surface area (Å²) in [7, 11) is 0. The van der Waals surface area contributed by atoms with Crippen LogP contribution < -0.4 is 10.6 Å². The highest BCUT2D eigenvalue weighted by atomic mass is 19.3. The fourth-order valence-electron chi connectivity index (χ4n) is 5.74. The number of aliphatic hydroxyl groups is 1. The minimum atomic E-state index is -2.64. The molecule has 2 fully saturated rings. The predicted octanol–water partition coefficient (Wildman–Crippen LogP) is 5.62. The van der Waals surface area contributed by atoms with Gasteiger partial charge in [-0.05, 0) is 59.6 Å². The highest BCUT2D eigenvalue weighted by molar-refractivity contribution is 5.73. The number of aldehydes is 1. The lowest BCUT2D eigenvalue weighted by Gasteiger charge is -2.16. The molecule has 3 N–H and O–H groups in total. The molecule has 12 nitrogen and oxygen atoms in total. The lowest BCUT2D eigenvalue weighted by atomic mass is 10.2. The number of nitrogens with zero attached hydrogens (tertiary/aromatic N) is 8. The summed E-state index contributed by atoms with van der Waals surface area (Å²) in [5.41, 5.74) is 3.89. The van der Waals surface area contributed by atoms with Crippen molar-refractivity contribution in [3.8, 4) is 11.9 Å². The molecule has 4 aromatic rings. The zero-order valence-electron chi connectivity index (χ0n) is 26.8. The van der Waals surface area contributed by atoms with Gasteiger partial charge in [0.15, 0.2) is 6.29 Å². The van der Waals surface area contributed by atoms with Gasteiger partial charge in [0.05, 0.1) is 23.2 Å². The van der Waals surface area contributed by atoms with E-state index < -0.39 is 17.9 Å². The Kier molecular flexibility index (Phi) is 9.61. The molecular formula is C31H38F4N10O2. The summed E-state index contributed by atoms with van der Waals surface area (Å²) in [6, 6.07) is 6.09. The Bertz CT molecular complexity index is 1740. The van der Waals surface area contributed by atoms with Gasteiger partial charge < -0.3 is 15.7 Å². The summed E-state index contributed by atoms with van der Waals surface area (Å²) in [5, 5.41) is 24.5. The molecule has 6 rings (SSSR count). The average Bonchev–Trinajstić information content (AvgIpc) is 3.73. The second-order valence-corrected chi connectivity index (χ2v) is 12.3. The van der Waals surface area contributed by atoms with Gasteiger partial charge in [-0.1, -0.05) is 0 Å². The zero-order chi connectivity index (χ0) is 34.1. The van der Waals surface area contributed by atoms with Crippen LogP contribution in [0.1, 0.15) is 90.5 Å². The normalized spacial score (nSPS) is 20.4. The number of carbonyl (C=O) groups excluding carboxylic acids is 1. The van der Waals surface area contributed by atoms with Gasteiger partial charge in [0.1, 0.15) is 17.3 Å². The molecule has 2 aliphatic carbocycles. The molecule has 0 aliphatic heterocycles. The molecule has 0 radical (unpaired) electrons. The fraction of sp³-hybridized carbons (Fsp3) is 0.516. The molecule has 0 amide bonds. The molecule has 16 heteroatoms. The Hall–Kier alpha value is -4.47. The molecule has 3 atom stereocenters. The van der Waals surface area contributed by atoms with Gasteiger partial charge in [0.25, 0.3) is 11.9 Å². The van der Waals surface area contributed by atoms with Crippen LogP contribution in [0.4, 0.5) is 29.2 Å². The minimum absolute atomic E-state index is 0.122. The van der Waals surface area contributed by atoms with E-state index in [1.807, 2.05) is 39.8 Å². The van der Waals surface area contributed by atoms with Crippen LogP contribution in [0.2, 0.25) is 0 Å². The van der Waals surface area contributed by atoms with Crippen molar-refractivity contribution >= 4 is 17.9 Å². The van der Waals surface area contributed by atoms with Crippen molar-refractivity contribution in [3.63, 3.8) is 0 Å². The Morgan fingerprint density at radius 1 is 0.787 bits per heavy atom. The van der Waals surface area contributed by atoms with E-state index in [1.165, 1.54) is 10.7 Å². The van der Waals surface area contributed by atoms with E-state index in [0.29, 0.717) is 42.4 Å². The molecular weight excluding hydrogens is 620 g/mol. The largest absolute Gasteiger partial charge is 0.387 e. The van der Waals surface area contributed by atoms with Crippen LogP contribution in [-0.2, 0) is 0 Å². The van der Waals surface area contributed by atoms with Crippen molar-refractivity contribution < 1.29 is 27.5 Å².